The van der Waals surface area contributed by atoms with Crippen LogP contribution in [0.4, 0.5) is 0 Å². The largest absolute Gasteiger partial charge is 0.299 e. The molecule has 0 bridgehead atoms. The van der Waals surface area contributed by atoms with E-state index in [1.54, 1.807) is 0 Å². The fourth-order valence-corrected chi connectivity index (χ4v) is 2.26. The van der Waals surface area contributed by atoms with Gasteiger partial charge in [0.25, 0.3) is 13.3 Å². The van der Waals surface area contributed by atoms with Crippen LogP contribution in [0.15, 0.2) is 30.3 Å². The molecule has 1 aliphatic heterocycles. The zero-order valence-electron chi connectivity index (χ0n) is 9.58. The second kappa shape index (κ2) is 5.45. The van der Waals surface area contributed by atoms with Crippen LogP contribution in [0, 0.1) is 13.1 Å². The Labute approximate surface area is 102 Å². The van der Waals surface area contributed by atoms with Gasteiger partial charge in [0.1, 0.15) is 6.17 Å². The molecule has 1 saturated heterocycles. The van der Waals surface area contributed by atoms with Gasteiger partial charge in [0, 0.05) is 13.1 Å². The third-order valence-electron chi connectivity index (χ3n) is 2.97. The van der Waals surface area contributed by atoms with Crippen LogP contribution in [0.5, 0.6) is 0 Å². The summed E-state index contributed by atoms with van der Waals surface area (Å²) in [5.41, 5.74) is 1.16. The molecule has 1 aliphatic rings. The van der Waals surface area contributed by atoms with Crippen molar-refractivity contribution in [3.63, 3.8) is 0 Å². The maximum atomic E-state index is 6.99. The van der Waals surface area contributed by atoms with E-state index in [0.717, 1.165) is 18.7 Å². The van der Waals surface area contributed by atoms with Crippen LogP contribution in [0.3, 0.4) is 0 Å². The molecule has 4 nitrogen and oxygen atoms in total. The summed E-state index contributed by atoms with van der Waals surface area (Å²) >= 11 is 0. The molecule has 1 aromatic rings. The summed E-state index contributed by atoms with van der Waals surface area (Å²) in [5.74, 6) is 0. The zero-order chi connectivity index (χ0) is 12.1. The third-order valence-corrected chi connectivity index (χ3v) is 2.97. The van der Waals surface area contributed by atoms with E-state index in [9.17, 15) is 0 Å². The molecule has 0 unspecified atom stereocenters. The first-order valence-electron chi connectivity index (χ1n) is 5.56. The fourth-order valence-electron chi connectivity index (χ4n) is 2.26. The van der Waals surface area contributed by atoms with Gasteiger partial charge in [0.15, 0.2) is 0 Å². The minimum absolute atomic E-state index is 0.0828. The molecule has 0 aliphatic carbocycles. The molecular formula is C13H14N4. The Morgan fingerprint density at radius 1 is 1.00 bits per heavy atom. The predicted octanol–water partition coefficient (Wildman–Crippen LogP) is 2.06. The van der Waals surface area contributed by atoms with Crippen molar-refractivity contribution in [3.05, 3.63) is 58.7 Å². The lowest BCUT2D eigenvalue weighted by Gasteiger charge is -2.24. The van der Waals surface area contributed by atoms with Crippen LogP contribution in [0.2, 0.25) is 0 Å². The highest BCUT2D eigenvalue weighted by molar-refractivity contribution is 5.20. The molecule has 17 heavy (non-hydrogen) atoms. The Kier molecular flexibility index (Phi) is 3.72. The predicted molar refractivity (Wildman–Crippen MR) is 65.5 cm³/mol. The molecular weight excluding hydrogens is 212 g/mol. The standard InChI is InChI=1S/C13H14N4/c1-14-10-16-8-9-17(11-15-2)13(16)12-6-4-3-5-7-12/h3-7,13H,8-11H2. The molecule has 2 rings (SSSR count). The van der Waals surface area contributed by atoms with E-state index >= 15 is 0 Å². The van der Waals surface area contributed by atoms with Crippen molar-refractivity contribution < 1.29 is 0 Å². The van der Waals surface area contributed by atoms with E-state index in [0.29, 0.717) is 13.3 Å². The van der Waals surface area contributed by atoms with E-state index in [4.69, 9.17) is 13.1 Å². The van der Waals surface area contributed by atoms with Crippen LogP contribution in [0.1, 0.15) is 11.7 Å². The second-order valence-electron chi connectivity index (χ2n) is 4.01. The fraction of sp³-hybridized carbons (Fsp3) is 0.385. The first-order chi connectivity index (χ1) is 8.36. The highest BCUT2D eigenvalue weighted by atomic mass is 15.4. The van der Waals surface area contributed by atoms with Crippen molar-refractivity contribution in [2.24, 2.45) is 0 Å². The molecule has 0 amide bonds. The van der Waals surface area contributed by atoms with Crippen LogP contribution in [-0.4, -0.2) is 36.2 Å². The summed E-state index contributed by atoms with van der Waals surface area (Å²) in [7, 11) is 0. The molecule has 0 radical (unpaired) electrons. The van der Waals surface area contributed by atoms with Crippen LogP contribution < -0.4 is 0 Å². The molecule has 0 atom stereocenters. The van der Waals surface area contributed by atoms with Crippen LogP contribution >= 0.6 is 0 Å². The lowest BCUT2D eigenvalue weighted by molar-refractivity contribution is 0.159. The van der Waals surface area contributed by atoms with Crippen LogP contribution in [0.25, 0.3) is 9.69 Å². The SMILES string of the molecule is [C-]#[N+]CN1CCN(C[N+]#[C-])C1c1ccccc1. The van der Waals surface area contributed by atoms with Gasteiger partial charge in [0.05, 0.1) is 0 Å². The maximum Gasteiger partial charge on any atom is 0.272 e. The second-order valence-corrected chi connectivity index (χ2v) is 4.01. The minimum Gasteiger partial charge on any atom is -0.299 e. The van der Waals surface area contributed by atoms with Gasteiger partial charge in [0.2, 0.25) is 0 Å². The molecule has 86 valence electrons. The van der Waals surface area contributed by atoms with Crippen molar-refractivity contribution in [3.8, 4) is 0 Å². The number of hydrogen-bond donors (Lipinski definition) is 0. The number of nitrogens with zero attached hydrogens (tertiary/aromatic N) is 4. The number of hydrogen-bond acceptors (Lipinski definition) is 2. The van der Waals surface area contributed by atoms with Crippen molar-refractivity contribution >= 4 is 0 Å². The molecule has 0 aromatic heterocycles. The van der Waals surface area contributed by atoms with Crippen molar-refractivity contribution in [2.75, 3.05) is 26.4 Å². The third kappa shape index (κ3) is 2.45. The summed E-state index contributed by atoms with van der Waals surface area (Å²) in [6.45, 7) is 16.5. The van der Waals surface area contributed by atoms with Gasteiger partial charge >= 0.3 is 0 Å². The highest BCUT2D eigenvalue weighted by Gasteiger charge is 2.35. The average molecular weight is 226 g/mol. The van der Waals surface area contributed by atoms with Gasteiger partial charge in [-0.15, -0.1) is 0 Å². The molecule has 1 fully saturated rings. The Bertz CT molecular complexity index is 419. The van der Waals surface area contributed by atoms with E-state index in [2.05, 4.69) is 31.6 Å². The van der Waals surface area contributed by atoms with Crippen molar-refractivity contribution in [2.45, 2.75) is 6.17 Å². The Balaban J connectivity index is 2.24. The first kappa shape index (κ1) is 11.6. The highest BCUT2D eigenvalue weighted by Crippen LogP contribution is 2.29. The molecule has 4 heteroatoms. The summed E-state index contributed by atoms with van der Waals surface area (Å²) < 4.78 is 0. The summed E-state index contributed by atoms with van der Waals surface area (Å²) in [4.78, 5) is 11.2. The Morgan fingerprint density at radius 2 is 1.53 bits per heavy atom. The lowest BCUT2D eigenvalue weighted by atomic mass is 10.1. The van der Waals surface area contributed by atoms with Gasteiger partial charge in [-0.25, -0.2) is 22.9 Å². The summed E-state index contributed by atoms with van der Waals surface area (Å²) in [5, 5.41) is 0. The molecule has 0 spiro atoms. The van der Waals surface area contributed by atoms with E-state index in [1.165, 1.54) is 0 Å². The van der Waals surface area contributed by atoms with E-state index < -0.39 is 0 Å². The van der Waals surface area contributed by atoms with Gasteiger partial charge in [-0.3, -0.25) is 9.69 Å². The Hall–Kier alpha value is -1.88. The Morgan fingerprint density at radius 3 is 2.00 bits per heavy atom. The molecule has 0 N–H and O–H groups in total. The van der Waals surface area contributed by atoms with E-state index in [-0.39, 0.29) is 6.17 Å². The quantitative estimate of drug-likeness (QED) is 0.733. The van der Waals surface area contributed by atoms with Gasteiger partial charge in [-0.1, -0.05) is 30.3 Å². The minimum atomic E-state index is 0.0828. The summed E-state index contributed by atoms with van der Waals surface area (Å²) in [6.07, 6.45) is 0.0828. The first-order valence-corrected chi connectivity index (χ1v) is 5.56. The number of rotatable bonds is 3. The summed E-state index contributed by atoms with van der Waals surface area (Å²) in [6, 6.07) is 10.1. The van der Waals surface area contributed by atoms with Crippen LogP contribution in [-0.2, 0) is 0 Å². The normalized spacial score (nSPS) is 17.8. The lowest BCUT2D eigenvalue weighted by Crippen LogP contribution is -2.30. The molecule has 0 saturated carbocycles. The average Bonchev–Trinajstić information content (AvgIpc) is 2.74. The monoisotopic (exact) mass is 226 g/mol. The molecule has 1 heterocycles. The van der Waals surface area contributed by atoms with Gasteiger partial charge in [-0.05, 0) is 5.56 Å². The maximum absolute atomic E-state index is 6.99. The van der Waals surface area contributed by atoms with E-state index in [1.807, 2.05) is 18.2 Å². The zero-order valence-corrected chi connectivity index (χ0v) is 9.58. The topological polar surface area (TPSA) is 15.2 Å². The van der Waals surface area contributed by atoms with Gasteiger partial charge < -0.3 is 0 Å². The van der Waals surface area contributed by atoms with Crippen molar-refractivity contribution in [1.82, 2.24) is 9.80 Å². The number of benzene rings is 1. The van der Waals surface area contributed by atoms with Gasteiger partial charge in [-0.2, -0.15) is 0 Å². The van der Waals surface area contributed by atoms with Crippen molar-refractivity contribution in [1.29, 1.82) is 0 Å². The molecule has 1 aromatic carbocycles. The smallest absolute Gasteiger partial charge is 0.272 e.